The third kappa shape index (κ3) is 2.61. The molecule has 0 aromatic carbocycles. The van der Waals surface area contributed by atoms with Gasteiger partial charge in [0.05, 0.1) is 17.1 Å². The number of aromatic amines is 1. The number of aromatic nitrogens is 5. The van der Waals surface area contributed by atoms with E-state index in [4.69, 9.17) is 4.52 Å². The summed E-state index contributed by atoms with van der Waals surface area (Å²) < 4.78 is 5.13. The van der Waals surface area contributed by atoms with Crippen molar-refractivity contribution in [3.8, 4) is 0 Å². The fourth-order valence-electron chi connectivity index (χ4n) is 2.02. The Morgan fingerprint density at radius 1 is 1.05 bits per heavy atom. The Labute approximate surface area is 130 Å². The second kappa shape index (κ2) is 5.53. The Morgan fingerprint density at radius 3 is 2.45 bits per heavy atom. The molecule has 3 aromatic rings. The van der Waals surface area contributed by atoms with E-state index in [2.05, 4.69) is 25.1 Å². The summed E-state index contributed by atoms with van der Waals surface area (Å²) in [6.45, 7) is 7.42. The molecule has 0 saturated heterocycles. The summed E-state index contributed by atoms with van der Waals surface area (Å²) in [4.78, 5) is 27.8. The number of rotatable bonds is 3. The van der Waals surface area contributed by atoms with Crippen LogP contribution in [-0.4, -0.2) is 25.1 Å². The molecule has 0 fully saturated rings. The highest BCUT2D eigenvalue weighted by atomic mass is 32.2. The van der Waals surface area contributed by atoms with Crippen LogP contribution < -0.4 is 5.56 Å². The first-order chi connectivity index (χ1) is 10.5. The van der Waals surface area contributed by atoms with Crippen LogP contribution in [0.2, 0.25) is 0 Å². The van der Waals surface area contributed by atoms with Crippen LogP contribution in [0.1, 0.15) is 28.4 Å². The van der Waals surface area contributed by atoms with Crippen molar-refractivity contribution in [1.82, 2.24) is 25.1 Å². The Kier molecular flexibility index (Phi) is 3.69. The minimum atomic E-state index is -0.276. The molecule has 0 saturated carbocycles. The topological polar surface area (TPSA) is 97.6 Å². The summed E-state index contributed by atoms with van der Waals surface area (Å²) in [7, 11) is 0. The zero-order valence-electron chi connectivity index (χ0n) is 12.7. The summed E-state index contributed by atoms with van der Waals surface area (Å²) in [6.07, 6.45) is 0. The van der Waals surface area contributed by atoms with Crippen molar-refractivity contribution in [3.63, 3.8) is 0 Å². The highest BCUT2D eigenvalue weighted by Gasteiger charge is 2.12. The summed E-state index contributed by atoms with van der Waals surface area (Å²) in [5.74, 6) is 1.40. The third-order valence-electron chi connectivity index (χ3n) is 3.47. The number of thioether (sulfide) groups is 1. The predicted molar refractivity (Wildman–Crippen MR) is 83.0 cm³/mol. The molecule has 0 amide bonds. The average Bonchev–Trinajstić information content (AvgIpc) is 2.78. The smallest absolute Gasteiger partial charge is 0.279 e. The molecule has 3 heterocycles. The summed E-state index contributed by atoms with van der Waals surface area (Å²) in [6, 6.07) is 0. The van der Waals surface area contributed by atoms with Gasteiger partial charge in [-0.25, -0.2) is 15.0 Å². The molecule has 0 unspecified atom stereocenters. The maximum absolute atomic E-state index is 12.1. The van der Waals surface area contributed by atoms with Crippen LogP contribution in [0.25, 0.3) is 11.2 Å². The zero-order valence-corrected chi connectivity index (χ0v) is 13.5. The number of aryl methyl sites for hydroxylation is 4. The lowest BCUT2D eigenvalue weighted by Crippen LogP contribution is -2.13. The predicted octanol–water partition coefficient (Wildman–Crippen LogP) is 2.23. The SMILES string of the molecule is Cc1nc2nc(SCc3c(C)noc3C)[nH]c(=O)c2nc1C. The van der Waals surface area contributed by atoms with Crippen LogP contribution in [0.3, 0.4) is 0 Å². The van der Waals surface area contributed by atoms with Crippen LogP contribution in [0.5, 0.6) is 0 Å². The van der Waals surface area contributed by atoms with Gasteiger partial charge in [0.2, 0.25) is 0 Å². The van der Waals surface area contributed by atoms with Crippen LogP contribution in [-0.2, 0) is 5.75 Å². The van der Waals surface area contributed by atoms with Gasteiger partial charge in [-0.05, 0) is 27.7 Å². The van der Waals surface area contributed by atoms with Crippen molar-refractivity contribution in [2.24, 2.45) is 0 Å². The maximum Gasteiger partial charge on any atom is 0.279 e. The Hall–Kier alpha value is -2.22. The maximum atomic E-state index is 12.1. The molecule has 1 N–H and O–H groups in total. The first-order valence-corrected chi connectivity index (χ1v) is 7.74. The van der Waals surface area contributed by atoms with E-state index in [1.165, 1.54) is 11.8 Å². The Morgan fingerprint density at radius 2 is 1.77 bits per heavy atom. The second-order valence-electron chi connectivity index (χ2n) is 5.03. The van der Waals surface area contributed by atoms with Gasteiger partial charge in [-0.3, -0.25) is 9.78 Å². The van der Waals surface area contributed by atoms with Crippen LogP contribution in [0, 0.1) is 27.7 Å². The van der Waals surface area contributed by atoms with Crippen LogP contribution >= 0.6 is 11.8 Å². The van der Waals surface area contributed by atoms with E-state index in [-0.39, 0.29) is 11.1 Å². The molecule has 0 radical (unpaired) electrons. The average molecular weight is 317 g/mol. The highest BCUT2D eigenvalue weighted by molar-refractivity contribution is 7.98. The van der Waals surface area contributed by atoms with Crippen LogP contribution in [0.4, 0.5) is 0 Å². The summed E-state index contributed by atoms with van der Waals surface area (Å²) >= 11 is 1.41. The number of fused-ring (bicyclic) bond motifs is 1. The Bertz CT molecular complexity index is 896. The van der Waals surface area contributed by atoms with Crippen molar-refractivity contribution in [2.45, 2.75) is 38.6 Å². The van der Waals surface area contributed by atoms with E-state index >= 15 is 0 Å². The fourth-order valence-corrected chi connectivity index (χ4v) is 3.03. The van der Waals surface area contributed by atoms with E-state index in [1.54, 1.807) is 0 Å². The molecule has 3 rings (SSSR count). The number of hydrogen-bond donors (Lipinski definition) is 1. The van der Waals surface area contributed by atoms with Crippen molar-refractivity contribution < 1.29 is 4.52 Å². The molecule has 0 aliphatic rings. The first kappa shape index (κ1) is 14.7. The van der Waals surface area contributed by atoms with Gasteiger partial charge in [0.15, 0.2) is 16.3 Å². The normalized spacial score (nSPS) is 11.3. The minimum Gasteiger partial charge on any atom is -0.361 e. The van der Waals surface area contributed by atoms with Crippen molar-refractivity contribution in [1.29, 1.82) is 0 Å². The molecule has 0 atom stereocenters. The van der Waals surface area contributed by atoms with Crippen molar-refractivity contribution in [2.75, 3.05) is 0 Å². The van der Waals surface area contributed by atoms with Crippen molar-refractivity contribution in [3.05, 3.63) is 38.8 Å². The number of nitrogens with one attached hydrogen (secondary N) is 1. The van der Waals surface area contributed by atoms with Gasteiger partial charge in [-0.2, -0.15) is 0 Å². The van der Waals surface area contributed by atoms with Gasteiger partial charge in [-0.1, -0.05) is 16.9 Å². The van der Waals surface area contributed by atoms with Crippen LogP contribution in [0.15, 0.2) is 14.5 Å². The first-order valence-electron chi connectivity index (χ1n) is 6.75. The molecule has 0 aliphatic heterocycles. The van der Waals surface area contributed by atoms with Gasteiger partial charge in [-0.15, -0.1) is 0 Å². The van der Waals surface area contributed by atoms with Gasteiger partial charge < -0.3 is 4.52 Å². The molecule has 0 aliphatic carbocycles. The molecule has 3 aromatic heterocycles. The lowest BCUT2D eigenvalue weighted by Gasteiger charge is -2.04. The molecular weight excluding hydrogens is 302 g/mol. The molecular formula is C14H15N5O2S. The van der Waals surface area contributed by atoms with E-state index < -0.39 is 0 Å². The highest BCUT2D eigenvalue weighted by Crippen LogP contribution is 2.23. The molecule has 0 bridgehead atoms. The minimum absolute atomic E-state index is 0.268. The van der Waals surface area contributed by atoms with Crippen molar-refractivity contribution >= 4 is 22.9 Å². The second-order valence-corrected chi connectivity index (χ2v) is 5.99. The molecule has 7 nitrogen and oxygen atoms in total. The van der Waals surface area contributed by atoms with E-state index in [1.807, 2.05) is 27.7 Å². The standard InChI is InChI=1S/C14H15N5O2S/c1-6-7(2)16-12-11(15-6)13(20)18-14(17-12)22-5-10-8(3)19-21-9(10)4/h5H2,1-4H3,(H,16,17,18,20). The van der Waals surface area contributed by atoms with E-state index in [0.717, 1.165) is 28.4 Å². The van der Waals surface area contributed by atoms with E-state index in [9.17, 15) is 4.79 Å². The quantitative estimate of drug-likeness (QED) is 0.584. The number of hydrogen-bond acceptors (Lipinski definition) is 7. The molecule has 0 spiro atoms. The fraction of sp³-hybridized carbons (Fsp3) is 0.357. The number of nitrogens with zero attached hydrogens (tertiary/aromatic N) is 4. The number of H-pyrrole nitrogens is 1. The van der Waals surface area contributed by atoms with Gasteiger partial charge in [0.1, 0.15) is 5.76 Å². The lowest BCUT2D eigenvalue weighted by molar-refractivity contribution is 0.392. The Balaban J connectivity index is 1.95. The van der Waals surface area contributed by atoms with Gasteiger partial charge >= 0.3 is 0 Å². The van der Waals surface area contributed by atoms with Gasteiger partial charge in [0, 0.05) is 11.3 Å². The largest absolute Gasteiger partial charge is 0.361 e. The lowest BCUT2D eigenvalue weighted by atomic mass is 10.2. The van der Waals surface area contributed by atoms with Gasteiger partial charge in [0.25, 0.3) is 5.56 Å². The zero-order chi connectivity index (χ0) is 15.9. The van der Waals surface area contributed by atoms with E-state index in [0.29, 0.717) is 16.6 Å². The summed E-state index contributed by atoms with van der Waals surface area (Å²) in [5.41, 5.74) is 3.72. The molecule has 22 heavy (non-hydrogen) atoms. The third-order valence-corrected chi connectivity index (χ3v) is 4.37. The molecule has 114 valence electrons. The summed E-state index contributed by atoms with van der Waals surface area (Å²) in [5, 5.41) is 4.42. The monoisotopic (exact) mass is 317 g/mol. The molecule has 8 heteroatoms.